The van der Waals surface area contributed by atoms with Crippen molar-refractivity contribution in [3.8, 4) is 17.1 Å². The summed E-state index contributed by atoms with van der Waals surface area (Å²) >= 11 is 1.37. The van der Waals surface area contributed by atoms with Gasteiger partial charge in [-0.05, 0) is 42.0 Å². The van der Waals surface area contributed by atoms with Crippen LogP contribution < -0.4 is 5.32 Å². The van der Waals surface area contributed by atoms with Gasteiger partial charge < -0.3 is 5.32 Å². The lowest BCUT2D eigenvalue weighted by atomic mass is 10.0. The van der Waals surface area contributed by atoms with E-state index in [4.69, 9.17) is 0 Å². The number of nitrogens with one attached hydrogen (secondary N) is 1. The van der Waals surface area contributed by atoms with Gasteiger partial charge in [0.25, 0.3) is 0 Å². The molecular formula is C27H22N4OS. The van der Waals surface area contributed by atoms with Crippen LogP contribution >= 0.6 is 11.8 Å². The molecule has 5 aromatic rings. The lowest BCUT2D eigenvalue weighted by Gasteiger charge is -2.12. The van der Waals surface area contributed by atoms with E-state index in [0.717, 1.165) is 39.1 Å². The average molecular weight is 451 g/mol. The average Bonchev–Trinajstić information content (AvgIpc) is 3.28. The zero-order valence-corrected chi connectivity index (χ0v) is 18.9. The molecular weight excluding hydrogens is 428 g/mol. The third-order valence-electron chi connectivity index (χ3n) is 5.35. The molecule has 0 saturated heterocycles. The van der Waals surface area contributed by atoms with E-state index in [1.807, 2.05) is 84.3 Å². The van der Waals surface area contributed by atoms with Crippen molar-refractivity contribution in [1.82, 2.24) is 14.8 Å². The van der Waals surface area contributed by atoms with E-state index in [1.54, 1.807) is 0 Å². The van der Waals surface area contributed by atoms with E-state index in [-0.39, 0.29) is 11.7 Å². The van der Waals surface area contributed by atoms with Gasteiger partial charge in [-0.15, -0.1) is 10.2 Å². The number of para-hydroxylation sites is 1. The normalized spacial score (nSPS) is 10.9. The van der Waals surface area contributed by atoms with Crippen LogP contribution in [0.25, 0.3) is 27.8 Å². The van der Waals surface area contributed by atoms with Crippen molar-refractivity contribution in [2.45, 2.75) is 12.1 Å². The van der Waals surface area contributed by atoms with E-state index in [9.17, 15) is 4.79 Å². The molecule has 1 aromatic heterocycles. The summed E-state index contributed by atoms with van der Waals surface area (Å²) in [5.74, 6) is 0.895. The fraction of sp³-hybridized carbons (Fsp3) is 0.0741. The van der Waals surface area contributed by atoms with Crippen LogP contribution in [0.1, 0.15) is 5.56 Å². The highest BCUT2D eigenvalue weighted by atomic mass is 32.2. The minimum atomic E-state index is -0.0850. The first-order chi connectivity index (χ1) is 16.2. The van der Waals surface area contributed by atoms with E-state index >= 15 is 0 Å². The fourth-order valence-corrected chi connectivity index (χ4v) is 4.48. The molecule has 1 N–H and O–H groups in total. The number of aromatic nitrogens is 3. The number of fused-ring (bicyclic) bond motifs is 1. The van der Waals surface area contributed by atoms with Crippen LogP contribution in [-0.4, -0.2) is 26.4 Å². The molecule has 0 aliphatic rings. The molecule has 0 saturated carbocycles. The maximum Gasteiger partial charge on any atom is 0.234 e. The summed E-state index contributed by atoms with van der Waals surface area (Å²) in [4.78, 5) is 12.6. The molecule has 0 radical (unpaired) electrons. The molecule has 1 amide bonds. The summed E-state index contributed by atoms with van der Waals surface area (Å²) in [5, 5.41) is 14.9. The van der Waals surface area contributed by atoms with E-state index < -0.39 is 0 Å². The van der Waals surface area contributed by atoms with Gasteiger partial charge in [0.1, 0.15) is 0 Å². The lowest BCUT2D eigenvalue weighted by Crippen LogP contribution is -2.14. The summed E-state index contributed by atoms with van der Waals surface area (Å²) in [5.41, 5.74) is 3.89. The van der Waals surface area contributed by atoms with Gasteiger partial charge >= 0.3 is 0 Å². The zero-order chi connectivity index (χ0) is 22.6. The SMILES string of the molecule is Cc1ccc(NC(=O)CSc2nnc(-c3cccc4ccccc34)n2-c2ccccc2)cc1. The molecule has 4 aromatic carbocycles. The molecule has 162 valence electrons. The highest BCUT2D eigenvalue weighted by Crippen LogP contribution is 2.32. The Bertz CT molecular complexity index is 1410. The maximum atomic E-state index is 12.6. The monoisotopic (exact) mass is 450 g/mol. The Morgan fingerprint density at radius 3 is 2.39 bits per heavy atom. The summed E-state index contributed by atoms with van der Waals surface area (Å²) in [7, 11) is 0. The molecule has 0 aliphatic carbocycles. The number of hydrogen-bond acceptors (Lipinski definition) is 4. The van der Waals surface area contributed by atoms with Crippen molar-refractivity contribution in [2.75, 3.05) is 11.1 Å². The third kappa shape index (κ3) is 4.52. The number of anilines is 1. The Morgan fingerprint density at radius 2 is 1.58 bits per heavy atom. The third-order valence-corrected chi connectivity index (χ3v) is 6.27. The van der Waals surface area contributed by atoms with Crippen molar-refractivity contribution in [1.29, 1.82) is 0 Å². The number of thioether (sulfide) groups is 1. The first kappa shape index (κ1) is 21.0. The van der Waals surface area contributed by atoms with Crippen LogP contribution in [0.3, 0.4) is 0 Å². The van der Waals surface area contributed by atoms with Gasteiger partial charge in [0.15, 0.2) is 11.0 Å². The Balaban J connectivity index is 1.48. The van der Waals surface area contributed by atoms with Gasteiger partial charge in [0.05, 0.1) is 5.75 Å². The van der Waals surface area contributed by atoms with Crippen LogP contribution in [0, 0.1) is 6.92 Å². The molecule has 0 unspecified atom stereocenters. The lowest BCUT2D eigenvalue weighted by molar-refractivity contribution is -0.113. The van der Waals surface area contributed by atoms with Crippen LogP contribution in [0.15, 0.2) is 102 Å². The number of carbonyl (C=O) groups is 1. The van der Waals surface area contributed by atoms with Gasteiger partial charge in [0.2, 0.25) is 5.91 Å². The number of rotatable bonds is 6. The number of aryl methyl sites for hydroxylation is 1. The van der Waals surface area contributed by atoms with E-state index in [0.29, 0.717) is 5.16 Å². The quantitative estimate of drug-likeness (QED) is 0.316. The predicted octanol–water partition coefficient (Wildman–Crippen LogP) is 6.13. The highest BCUT2D eigenvalue weighted by molar-refractivity contribution is 7.99. The minimum Gasteiger partial charge on any atom is -0.325 e. The number of carbonyl (C=O) groups excluding carboxylic acids is 1. The number of hydrogen-bond donors (Lipinski definition) is 1. The molecule has 0 bridgehead atoms. The first-order valence-corrected chi connectivity index (χ1v) is 11.7. The van der Waals surface area contributed by atoms with Gasteiger partial charge in [-0.2, -0.15) is 0 Å². The van der Waals surface area contributed by atoms with Crippen molar-refractivity contribution < 1.29 is 4.79 Å². The molecule has 6 heteroatoms. The van der Waals surface area contributed by atoms with Gasteiger partial charge in [-0.25, -0.2) is 0 Å². The van der Waals surface area contributed by atoms with Crippen molar-refractivity contribution in [2.24, 2.45) is 0 Å². The van der Waals surface area contributed by atoms with Gasteiger partial charge in [0, 0.05) is 16.9 Å². The molecule has 33 heavy (non-hydrogen) atoms. The second-order valence-electron chi connectivity index (χ2n) is 7.71. The molecule has 1 heterocycles. The molecule has 0 aliphatic heterocycles. The molecule has 0 fully saturated rings. The topological polar surface area (TPSA) is 59.8 Å². The second-order valence-corrected chi connectivity index (χ2v) is 8.65. The fourth-order valence-electron chi connectivity index (χ4n) is 3.73. The van der Waals surface area contributed by atoms with Gasteiger partial charge in [-0.1, -0.05) is 90.1 Å². The molecule has 5 rings (SSSR count). The minimum absolute atomic E-state index is 0.0850. The van der Waals surface area contributed by atoms with Crippen LogP contribution in [0.2, 0.25) is 0 Å². The largest absolute Gasteiger partial charge is 0.325 e. The smallest absolute Gasteiger partial charge is 0.234 e. The standard InChI is InChI=1S/C27H22N4OS/c1-19-14-16-21(17-15-19)28-25(32)18-33-27-30-29-26(31(27)22-10-3-2-4-11-22)24-13-7-9-20-8-5-6-12-23(20)24/h2-17H,18H2,1H3,(H,28,32). The Labute approximate surface area is 196 Å². The van der Waals surface area contributed by atoms with Crippen LogP contribution in [0.4, 0.5) is 5.69 Å². The number of amides is 1. The number of benzene rings is 4. The summed E-state index contributed by atoms with van der Waals surface area (Å²) < 4.78 is 2.02. The Kier molecular flexibility index (Phi) is 5.91. The van der Waals surface area contributed by atoms with E-state index in [2.05, 4.69) is 39.8 Å². The Morgan fingerprint density at radius 1 is 0.848 bits per heavy atom. The zero-order valence-electron chi connectivity index (χ0n) is 18.1. The molecule has 0 atom stereocenters. The van der Waals surface area contributed by atoms with Gasteiger partial charge in [-0.3, -0.25) is 9.36 Å². The maximum absolute atomic E-state index is 12.6. The molecule has 0 spiro atoms. The van der Waals surface area contributed by atoms with Crippen molar-refractivity contribution in [3.05, 3.63) is 103 Å². The van der Waals surface area contributed by atoms with Crippen molar-refractivity contribution >= 4 is 34.1 Å². The Hall–Kier alpha value is -3.90. The number of nitrogens with zero attached hydrogens (tertiary/aromatic N) is 3. The van der Waals surface area contributed by atoms with Crippen molar-refractivity contribution in [3.63, 3.8) is 0 Å². The van der Waals surface area contributed by atoms with Crippen LogP contribution in [-0.2, 0) is 4.79 Å². The predicted molar refractivity (Wildman–Crippen MR) is 135 cm³/mol. The summed E-state index contributed by atoms with van der Waals surface area (Å²) in [6.07, 6.45) is 0. The van der Waals surface area contributed by atoms with Crippen LogP contribution in [0.5, 0.6) is 0 Å². The first-order valence-electron chi connectivity index (χ1n) is 10.7. The molecule has 5 nitrogen and oxygen atoms in total. The summed E-state index contributed by atoms with van der Waals surface area (Å²) in [6.45, 7) is 2.02. The second kappa shape index (κ2) is 9.30. The highest BCUT2D eigenvalue weighted by Gasteiger charge is 2.18. The summed E-state index contributed by atoms with van der Waals surface area (Å²) in [6, 6.07) is 32.2. The van der Waals surface area contributed by atoms with E-state index in [1.165, 1.54) is 11.8 Å².